The van der Waals surface area contributed by atoms with Gasteiger partial charge in [-0.05, 0) is 60.2 Å². The van der Waals surface area contributed by atoms with Crippen LogP contribution in [0.1, 0.15) is 34.8 Å². The Hall–Kier alpha value is -3.95. The molecule has 0 aliphatic rings. The first-order valence-corrected chi connectivity index (χ1v) is 8.66. The molecule has 0 amide bonds. The molecule has 0 radical (unpaired) electrons. The molecule has 9 nitrogen and oxygen atoms in total. The molecule has 0 bridgehead atoms. The van der Waals surface area contributed by atoms with E-state index in [9.17, 15) is 9.18 Å². The van der Waals surface area contributed by atoms with Gasteiger partial charge >= 0.3 is 5.97 Å². The van der Waals surface area contributed by atoms with Crippen molar-refractivity contribution in [3.63, 3.8) is 0 Å². The molecule has 2 aromatic heterocycles. The topological polar surface area (TPSA) is 109 Å². The molecule has 4 aromatic rings. The normalized spacial score (nSPS) is 12.0. The van der Waals surface area contributed by atoms with Gasteiger partial charge in [0.1, 0.15) is 12.1 Å². The maximum absolute atomic E-state index is 13.7. The molecule has 0 aliphatic heterocycles. The van der Waals surface area contributed by atoms with Crippen molar-refractivity contribution in [3.8, 4) is 17.1 Å². The number of benzene rings is 2. The van der Waals surface area contributed by atoms with Crippen molar-refractivity contribution < 1.29 is 18.4 Å². The number of nitrogens with zero attached hydrogens (tertiary/aromatic N) is 6. The zero-order valence-electron chi connectivity index (χ0n) is 15.5. The molecule has 0 aliphatic carbocycles. The third-order valence-electron chi connectivity index (χ3n) is 4.22. The van der Waals surface area contributed by atoms with Crippen LogP contribution in [0.3, 0.4) is 0 Å². The highest BCUT2D eigenvalue weighted by molar-refractivity contribution is 5.89. The maximum Gasteiger partial charge on any atom is 0.338 e. The van der Waals surface area contributed by atoms with Crippen LogP contribution in [0.15, 0.2) is 53.3 Å². The highest BCUT2D eigenvalue weighted by Gasteiger charge is 2.20. The van der Waals surface area contributed by atoms with Crippen molar-refractivity contribution >= 4 is 5.97 Å². The maximum atomic E-state index is 13.7. The van der Waals surface area contributed by atoms with Gasteiger partial charge in [0.2, 0.25) is 5.82 Å². The van der Waals surface area contributed by atoms with Crippen LogP contribution in [-0.2, 0) is 4.74 Å². The summed E-state index contributed by atoms with van der Waals surface area (Å²) in [5.41, 5.74) is 2.03. The fourth-order valence-electron chi connectivity index (χ4n) is 2.56. The summed E-state index contributed by atoms with van der Waals surface area (Å²) >= 11 is 0. The fourth-order valence-corrected chi connectivity index (χ4v) is 2.56. The largest absolute Gasteiger partial charge is 0.449 e. The molecular weight excluding hydrogens is 379 g/mol. The Balaban J connectivity index is 1.45. The second kappa shape index (κ2) is 7.58. The molecule has 0 fully saturated rings. The SMILES string of the molecule is Cc1ccc(-c2noc(C(C)OC(=O)c3ccc(-n4cnnn4)cc3)n2)cc1F. The molecule has 0 N–H and O–H groups in total. The molecule has 146 valence electrons. The summed E-state index contributed by atoms with van der Waals surface area (Å²) in [6, 6.07) is 11.2. The second-order valence-electron chi connectivity index (χ2n) is 6.27. The molecular formula is C19H15FN6O3. The summed E-state index contributed by atoms with van der Waals surface area (Å²) in [5.74, 6) is -0.590. The zero-order chi connectivity index (χ0) is 20.4. The summed E-state index contributed by atoms with van der Waals surface area (Å²) in [4.78, 5) is 16.6. The van der Waals surface area contributed by atoms with Gasteiger partial charge in [-0.15, -0.1) is 5.10 Å². The molecule has 0 saturated heterocycles. The summed E-state index contributed by atoms with van der Waals surface area (Å²) in [7, 11) is 0. The van der Waals surface area contributed by atoms with Crippen LogP contribution < -0.4 is 0 Å². The zero-order valence-corrected chi connectivity index (χ0v) is 15.5. The first-order valence-electron chi connectivity index (χ1n) is 8.66. The van der Waals surface area contributed by atoms with Gasteiger partial charge in [-0.25, -0.2) is 13.9 Å². The Bertz CT molecular complexity index is 1140. The fraction of sp³-hybridized carbons (Fsp3) is 0.158. The number of carbonyl (C=O) groups excluding carboxylic acids is 1. The van der Waals surface area contributed by atoms with Gasteiger partial charge in [0.05, 0.1) is 11.3 Å². The van der Waals surface area contributed by atoms with Crippen LogP contribution in [-0.4, -0.2) is 36.3 Å². The van der Waals surface area contributed by atoms with Crippen molar-refractivity contribution in [1.29, 1.82) is 0 Å². The minimum absolute atomic E-state index is 0.111. The minimum Gasteiger partial charge on any atom is -0.449 e. The lowest BCUT2D eigenvalue weighted by molar-refractivity contribution is 0.0265. The number of esters is 1. The Kier molecular flexibility index (Phi) is 4.82. The summed E-state index contributed by atoms with van der Waals surface area (Å²) in [6.07, 6.45) is 0.667. The van der Waals surface area contributed by atoms with Gasteiger partial charge in [-0.1, -0.05) is 17.3 Å². The van der Waals surface area contributed by atoms with Gasteiger partial charge in [0, 0.05) is 5.56 Å². The van der Waals surface area contributed by atoms with Crippen LogP contribution in [0.5, 0.6) is 0 Å². The van der Waals surface area contributed by atoms with E-state index < -0.39 is 12.1 Å². The van der Waals surface area contributed by atoms with Crippen molar-refractivity contribution in [3.05, 3.63) is 71.6 Å². The Morgan fingerprint density at radius 3 is 2.69 bits per heavy atom. The lowest BCUT2D eigenvalue weighted by Crippen LogP contribution is -2.09. The van der Waals surface area contributed by atoms with Crippen LogP contribution in [0.2, 0.25) is 0 Å². The van der Waals surface area contributed by atoms with Gasteiger partial charge < -0.3 is 9.26 Å². The van der Waals surface area contributed by atoms with E-state index in [-0.39, 0.29) is 17.5 Å². The van der Waals surface area contributed by atoms with E-state index in [2.05, 4.69) is 25.7 Å². The minimum atomic E-state index is -0.779. The van der Waals surface area contributed by atoms with Crippen molar-refractivity contribution in [2.45, 2.75) is 20.0 Å². The van der Waals surface area contributed by atoms with E-state index in [0.717, 1.165) is 0 Å². The first kappa shape index (κ1) is 18.4. The number of hydrogen-bond acceptors (Lipinski definition) is 8. The summed E-state index contributed by atoms with van der Waals surface area (Å²) < 4.78 is 25.8. The standard InChI is InChI=1S/C19H15FN6O3/c1-11-3-4-14(9-16(11)20)17-22-18(29-23-17)12(2)28-19(27)13-5-7-15(8-6-13)26-10-21-24-25-26/h3-10,12H,1-2H3. The van der Waals surface area contributed by atoms with E-state index >= 15 is 0 Å². The van der Waals surface area contributed by atoms with Crippen molar-refractivity contribution in [2.75, 3.05) is 0 Å². The second-order valence-corrected chi connectivity index (χ2v) is 6.27. The van der Waals surface area contributed by atoms with Crippen molar-refractivity contribution in [1.82, 2.24) is 30.3 Å². The number of hydrogen-bond donors (Lipinski definition) is 0. The average molecular weight is 394 g/mol. The lowest BCUT2D eigenvalue weighted by atomic mass is 10.1. The molecule has 0 saturated carbocycles. The van der Waals surface area contributed by atoms with Gasteiger partial charge in [-0.3, -0.25) is 0 Å². The van der Waals surface area contributed by atoms with Crippen LogP contribution >= 0.6 is 0 Å². The van der Waals surface area contributed by atoms with Crippen LogP contribution in [0, 0.1) is 12.7 Å². The third kappa shape index (κ3) is 3.86. The highest BCUT2D eigenvalue weighted by atomic mass is 19.1. The number of aromatic nitrogens is 6. The number of halogens is 1. The Labute approximate surface area is 164 Å². The molecule has 2 aromatic carbocycles. The molecule has 10 heteroatoms. The first-order chi connectivity index (χ1) is 14.0. The number of tetrazole rings is 1. The number of aryl methyl sites for hydroxylation is 1. The van der Waals surface area contributed by atoms with E-state index in [1.165, 1.54) is 17.1 Å². The van der Waals surface area contributed by atoms with Gasteiger partial charge in [-0.2, -0.15) is 4.98 Å². The molecule has 4 rings (SSSR count). The smallest absolute Gasteiger partial charge is 0.338 e. The number of rotatable bonds is 5. The quantitative estimate of drug-likeness (QED) is 0.475. The summed E-state index contributed by atoms with van der Waals surface area (Å²) in [5, 5.41) is 14.7. The highest BCUT2D eigenvalue weighted by Crippen LogP contribution is 2.23. The molecule has 29 heavy (non-hydrogen) atoms. The Morgan fingerprint density at radius 2 is 2.00 bits per heavy atom. The van der Waals surface area contributed by atoms with Gasteiger partial charge in [0.25, 0.3) is 5.89 Å². The van der Waals surface area contributed by atoms with E-state index in [1.807, 2.05) is 0 Å². The average Bonchev–Trinajstić information content (AvgIpc) is 3.42. The number of carbonyl (C=O) groups is 1. The van der Waals surface area contributed by atoms with E-state index in [4.69, 9.17) is 9.26 Å². The van der Waals surface area contributed by atoms with Crippen LogP contribution in [0.4, 0.5) is 4.39 Å². The molecule has 0 spiro atoms. The third-order valence-corrected chi connectivity index (χ3v) is 4.22. The van der Waals surface area contributed by atoms with Crippen LogP contribution in [0.25, 0.3) is 17.1 Å². The Morgan fingerprint density at radius 1 is 1.21 bits per heavy atom. The molecule has 2 heterocycles. The van der Waals surface area contributed by atoms with E-state index in [1.54, 1.807) is 50.2 Å². The lowest BCUT2D eigenvalue weighted by Gasteiger charge is -2.09. The predicted octanol–water partition coefficient (Wildman–Crippen LogP) is 3.08. The molecule has 1 unspecified atom stereocenters. The number of ether oxygens (including phenoxy) is 1. The monoisotopic (exact) mass is 394 g/mol. The van der Waals surface area contributed by atoms with Gasteiger partial charge in [0.15, 0.2) is 6.10 Å². The van der Waals surface area contributed by atoms with E-state index in [0.29, 0.717) is 22.4 Å². The summed E-state index contributed by atoms with van der Waals surface area (Å²) in [6.45, 7) is 3.28. The van der Waals surface area contributed by atoms with Crippen molar-refractivity contribution in [2.24, 2.45) is 0 Å². The molecule has 1 atom stereocenters. The predicted molar refractivity (Wildman–Crippen MR) is 97.4 cm³/mol.